The highest BCUT2D eigenvalue weighted by Gasteiger charge is 2.19. The van der Waals surface area contributed by atoms with E-state index in [4.69, 9.17) is 4.98 Å². The number of hydrogen-bond donors (Lipinski definition) is 2. The SMILES string of the molecule is CC(C)c1nc(-c2cccc(NSc3cnn(C)c3)c2)c(-c2ccnc(NCCS(C)(=O)=O)n2)s1. The predicted octanol–water partition coefficient (Wildman–Crippen LogP) is 4.70. The average molecular weight is 530 g/mol. The molecular weight excluding hydrogens is 503 g/mol. The van der Waals surface area contributed by atoms with Crippen molar-refractivity contribution in [2.45, 2.75) is 24.7 Å². The lowest BCUT2D eigenvalue weighted by atomic mass is 10.1. The van der Waals surface area contributed by atoms with Gasteiger partial charge in [0, 0.05) is 49.4 Å². The Bertz CT molecular complexity index is 1410. The summed E-state index contributed by atoms with van der Waals surface area (Å²) >= 11 is 3.11. The van der Waals surface area contributed by atoms with Gasteiger partial charge < -0.3 is 10.0 Å². The van der Waals surface area contributed by atoms with Gasteiger partial charge in [-0.1, -0.05) is 26.0 Å². The molecule has 4 rings (SSSR count). The Kier molecular flexibility index (Phi) is 7.72. The highest BCUT2D eigenvalue weighted by Crippen LogP contribution is 2.39. The van der Waals surface area contributed by atoms with Gasteiger partial charge in [-0.15, -0.1) is 11.3 Å². The van der Waals surface area contributed by atoms with Crippen LogP contribution in [0.15, 0.2) is 53.8 Å². The lowest BCUT2D eigenvalue weighted by Crippen LogP contribution is -2.15. The molecular formula is C23H27N7O2S3. The van der Waals surface area contributed by atoms with Crippen molar-refractivity contribution >= 4 is 44.8 Å². The van der Waals surface area contributed by atoms with Gasteiger partial charge in [0.1, 0.15) is 9.84 Å². The molecule has 4 aromatic rings. The monoisotopic (exact) mass is 529 g/mol. The van der Waals surface area contributed by atoms with Crippen LogP contribution in [0.4, 0.5) is 11.6 Å². The summed E-state index contributed by atoms with van der Waals surface area (Å²) < 4.78 is 28.0. The molecule has 0 aliphatic rings. The van der Waals surface area contributed by atoms with Gasteiger partial charge in [-0.3, -0.25) is 4.68 Å². The second kappa shape index (κ2) is 10.8. The molecule has 0 saturated carbocycles. The quantitative estimate of drug-likeness (QED) is 0.282. The van der Waals surface area contributed by atoms with Crippen molar-refractivity contribution in [1.82, 2.24) is 24.7 Å². The molecule has 9 nitrogen and oxygen atoms in total. The number of aryl methyl sites for hydroxylation is 1. The predicted molar refractivity (Wildman–Crippen MR) is 144 cm³/mol. The Morgan fingerprint density at radius 3 is 2.74 bits per heavy atom. The highest BCUT2D eigenvalue weighted by atomic mass is 32.2. The molecule has 0 aliphatic carbocycles. The second-order valence-corrected chi connectivity index (χ2v) is 12.5. The molecule has 0 saturated heterocycles. The first kappa shape index (κ1) is 25.1. The number of nitrogens with one attached hydrogen (secondary N) is 2. The van der Waals surface area contributed by atoms with Crippen molar-refractivity contribution in [1.29, 1.82) is 0 Å². The minimum Gasteiger partial charge on any atom is -0.353 e. The van der Waals surface area contributed by atoms with Crippen LogP contribution in [-0.2, 0) is 16.9 Å². The fourth-order valence-corrected chi connectivity index (χ4v) is 5.37. The largest absolute Gasteiger partial charge is 0.353 e. The van der Waals surface area contributed by atoms with E-state index in [0.717, 1.165) is 37.4 Å². The molecule has 0 unspecified atom stereocenters. The van der Waals surface area contributed by atoms with Crippen LogP contribution < -0.4 is 10.0 Å². The zero-order valence-corrected chi connectivity index (χ0v) is 22.3. The summed E-state index contributed by atoms with van der Waals surface area (Å²) in [4.78, 5) is 15.8. The number of sulfone groups is 1. The maximum Gasteiger partial charge on any atom is 0.223 e. The van der Waals surface area contributed by atoms with Gasteiger partial charge in [0.25, 0.3) is 0 Å². The van der Waals surface area contributed by atoms with E-state index in [1.807, 2.05) is 43.7 Å². The summed E-state index contributed by atoms with van der Waals surface area (Å²) in [6.45, 7) is 4.48. The van der Waals surface area contributed by atoms with Gasteiger partial charge in [0.05, 0.1) is 38.1 Å². The summed E-state index contributed by atoms with van der Waals surface area (Å²) in [5, 5.41) is 8.22. The van der Waals surface area contributed by atoms with E-state index in [1.165, 1.54) is 18.2 Å². The molecule has 12 heteroatoms. The minimum absolute atomic E-state index is 0.0146. The van der Waals surface area contributed by atoms with Crippen LogP contribution in [0.25, 0.3) is 21.8 Å². The molecule has 2 N–H and O–H groups in total. The third kappa shape index (κ3) is 6.80. The fourth-order valence-electron chi connectivity index (χ4n) is 3.17. The zero-order chi connectivity index (χ0) is 25.0. The number of anilines is 2. The molecule has 184 valence electrons. The Labute approximate surface area is 213 Å². The van der Waals surface area contributed by atoms with Crippen LogP contribution >= 0.6 is 23.3 Å². The smallest absolute Gasteiger partial charge is 0.223 e. The number of hydrogen-bond acceptors (Lipinski definition) is 10. The number of thiazole rings is 1. The van der Waals surface area contributed by atoms with Crippen molar-refractivity contribution in [2.24, 2.45) is 7.05 Å². The minimum atomic E-state index is -3.07. The highest BCUT2D eigenvalue weighted by molar-refractivity contribution is 8.00. The topological polar surface area (TPSA) is 115 Å². The Morgan fingerprint density at radius 1 is 1.20 bits per heavy atom. The van der Waals surface area contributed by atoms with Crippen molar-refractivity contribution in [3.8, 4) is 21.8 Å². The van der Waals surface area contributed by atoms with E-state index < -0.39 is 9.84 Å². The van der Waals surface area contributed by atoms with Crippen molar-refractivity contribution in [2.75, 3.05) is 28.6 Å². The molecule has 3 aromatic heterocycles. The lowest BCUT2D eigenvalue weighted by Gasteiger charge is -2.08. The molecule has 0 fully saturated rings. The van der Waals surface area contributed by atoms with E-state index in [2.05, 4.69) is 45.0 Å². The summed E-state index contributed by atoms with van der Waals surface area (Å²) in [6.07, 6.45) is 6.64. The van der Waals surface area contributed by atoms with Crippen LogP contribution in [0.1, 0.15) is 24.8 Å². The molecule has 0 amide bonds. The maximum absolute atomic E-state index is 11.4. The average Bonchev–Trinajstić information content (AvgIpc) is 3.44. The van der Waals surface area contributed by atoms with Gasteiger partial charge in [0.2, 0.25) is 5.95 Å². The second-order valence-electron chi connectivity index (χ2n) is 8.34. The fraction of sp³-hybridized carbons (Fsp3) is 0.304. The number of nitrogens with zero attached hydrogens (tertiary/aromatic N) is 5. The van der Waals surface area contributed by atoms with Gasteiger partial charge in [-0.2, -0.15) is 5.10 Å². The van der Waals surface area contributed by atoms with Gasteiger partial charge in [-0.05, 0) is 30.1 Å². The lowest BCUT2D eigenvalue weighted by molar-refractivity contribution is 0.602. The molecule has 1 aromatic carbocycles. The molecule has 0 aliphatic heterocycles. The van der Waals surface area contributed by atoms with Crippen LogP contribution in [0.5, 0.6) is 0 Å². The third-order valence-electron chi connectivity index (χ3n) is 4.89. The van der Waals surface area contributed by atoms with Crippen LogP contribution in [-0.4, -0.2) is 51.7 Å². The van der Waals surface area contributed by atoms with Gasteiger partial charge in [0.15, 0.2) is 0 Å². The van der Waals surface area contributed by atoms with E-state index in [1.54, 1.807) is 22.2 Å². The van der Waals surface area contributed by atoms with Crippen LogP contribution in [0.3, 0.4) is 0 Å². The molecule has 0 atom stereocenters. The van der Waals surface area contributed by atoms with Crippen molar-refractivity contribution in [3.63, 3.8) is 0 Å². The summed E-state index contributed by atoms with van der Waals surface area (Å²) in [5.74, 6) is 0.671. The summed E-state index contributed by atoms with van der Waals surface area (Å²) in [7, 11) is -1.18. The first-order chi connectivity index (χ1) is 16.7. The van der Waals surface area contributed by atoms with E-state index in [9.17, 15) is 8.42 Å². The first-order valence-electron chi connectivity index (χ1n) is 11.0. The Morgan fingerprint density at radius 2 is 2.03 bits per heavy atom. The number of rotatable bonds is 10. The van der Waals surface area contributed by atoms with Crippen LogP contribution in [0, 0.1) is 0 Å². The maximum atomic E-state index is 11.4. The first-order valence-corrected chi connectivity index (χ1v) is 14.6. The third-order valence-corrected chi connectivity index (χ3v) is 7.99. The van der Waals surface area contributed by atoms with Gasteiger partial charge >= 0.3 is 0 Å². The molecule has 3 heterocycles. The summed E-state index contributed by atoms with van der Waals surface area (Å²) in [5.41, 5.74) is 3.52. The normalized spacial score (nSPS) is 11.7. The van der Waals surface area contributed by atoms with Gasteiger partial charge in [-0.25, -0.2) is 23.4 Å². The van der Waals surface area contributed by atoms with Crippen molar-refractivity contribution < 1.29 is 8.42 Å². The van der Waals surface area contributed by atoms with Crippen LogP contribution in [0.2, 0.25) is 0 Å². The molecule has 0 spiro atoms. The van der Waals surface area contributed by atoms with E-state index >= 15 is 0 Å². The number of aromatic nitrogens is 5. The van der Waals surface area contributed by atoms with E-state index in [-0.39, 0.29) is 18.2 Å². The number of benzene rings is 1. The Hall–Kier alpha value is -2.96. The molecule has 35 heavy (non-hydrogen) atoms. The molecule has 0 radical (unpaired) electrons. The molecule has 0 bridgehead atoms. The standard InChI is InChI=1S/C23H27N7O2S3/c1-15(2)22-28-20(16-6-5-7-17(12-16)29-34-18-13-26-30(3)14-18)21(33-22)19-8-9-24-23(27-19)25-10-11-35(4,31)32/h5-9,12-15,29H,10-11H2,1-4H3,(H,24,25,27). The van der Waals surface area contributed by atoms with Crippen molar-refractivity contribution in [3.05, 3.63) is 53.9 Å². The summed E-state index contributed by atoms with van der Waals surface area (Å²) in [6, 6.07) is 9.96. The Balaban J connectivity index is 1.62. The zero-order valence-electron chi connectivity index (χ0n) is 19.9. The van der Waals surface area contributed by atoms with E-state index in [0.29, 0.717) is 5.95 Å².